The molecule has 0 spiro atoms. The quantitative estimate of drug-likeness (QED) is 0.631. The number of morpholine rings is 1. The summed E-state index contributed by atoms with van der Waals surface area (Å²) in [6.45, 7) is 5.00. The van der Waals surface area contributed by atoms with E-state index in [9.17, 15) is 12.8 Å². The van der Waals surface area contributed by atoms with E-state index in [1.807, 2.05) is 0 Å². The minimum absolute atomic E-state index is 0.167. The van der Waals surface area contributed by atoms with E-state index in [-0.39, 0.29) is 4.90 Å². The monoisotopic (exact) mass is 405 g/mol. The molecule has 7 heteroatoms. The van der Waals surface area contributed by atoms with Gasteiger partial charge in [-0.1, -0.05) is 12.1 Å². The summed E-state index contributed by atoms with van der Waals surface area (Å²) >= 11 is 0. The highest BCUT2D eigenvalue weighted by molar-refractivity contribution is 7.94. The summed E-state index contributed by atoms with van der Waals surface area (Å²) < 4.78 is 49.0. The fraction of sp³-hybridized carbons (Fsp3) is 0.333. The predicted octanol–water partition coefficient (Wildman–Crippen LogP) is 3.37. The van der Waals surface area contributed by atoms with Crippen LogP contribution in [0.5, 0.6) is 5.75 Å². The van der Waals surface area contributed by atoms with Gasteiger partial charge in [-0.25, -0.2) is 12.8 Å². The van der Waals surface area contributed by atoms with Crippen molar-refractivity contribution in [2.24, 2.45) is 0 Å². The summed E-state index contributed by atoms with van der Waals surface area (Å²) in [6, 6.07) is 12.1. The Morgan fingerprint density at radius 2 is 1.86 bits per heavy atom. The maximum atomic E-state index is 13.2. The van der Waals surface area contributed by atoms with Gasteiger partial charge in [0.25, 0.3) is 0 Å². The van der Waals surface area contributed by atoms with Crippen molar-refractivity contribution in [2.45, 2.75) is 11.3 Å². The highest BCUT2D eigenvalue weighted by Gasteiger charge is 2.11. The molecule has 0 aromatic heterocycles. The normalized spacial score (nSPS) is 15.8. The number of hydrogen-bond acceptors (Lipinski definition) is 5. The van der Waals surface area contributed by atoms with Gasteiger partial charge in [0.05, 0.1) is 24.7 Å². The first-order chi connectivity index (χ1) is 13.5. The Labute approximate surface area is 165 Å². The molecule has 0 radical (unpaired) electrons. The summed E-state index contributed by atoms with van der Waals surface area (Å²) in [7, 11) is -3.60. The van der Waals surface area contributed by atoms with E-state index in [1.165, 1.54) is 36.4 Å². The molecule has 28 heavy (non-hydrogen) atoms. The van der Waals surface area contributed by atoms with Crippen molar-refractivity contribution in [1.29, 1.82) is 0 Å². The number of halogens is 1. The zero-order valence-electron chi connectivity index (χ0n) is 15.6. The molecule has 0 bridgehead atoms. The van der Waals surface area contributed by atoms with Crippen molar-refractivity contribution in [2.75, 3.05) is 39.5 Å². The largest absolute Gasteiger partial charge is 0.494 e. The number of ether oxygens (including phenoxy) is 2. The molecule has 3 rings (SSSR count). The lowest BCUT2D eigenvalue weighted by Gasteiger charge is -2.26. The van der Waals surface area contributed by atoms with Crippen LogP contribution in [0.25, 0.3) is 6.08 Å². The van der Waals surface area contributed by atoms with E-state index in [1.54, 1.807) is 18.2 Å². The van der Waals surface area contributed by atoms with E-state index in [0.717, 1.165) is 44.7 Å². The second kappa shape index (κ2) is 9.82. The summed E-state index contributed by atoms with van der Waals surface area (Å²) in [5.41, 5.74) is 0.490. The van der Waals surface area contributed by atoms with Crippen LogP contribution in [0.4, 0.5) is 4.39 Å². The Bertz CT molecular complexity index is 891. The van der Waals surface area contributed by atoms with Crippen molar-refractivity contribution in [3.8, 4) is 5.75 Å². The summed E-state index contributed by atoms with van der Waals surface area (Å²) in [5, 5.41) is 1.08. The molecule has 1 aliphatic heterocycles. The summed E-state index contributed by atoms with van der Waals surface area (Å²) in [5.74, 6) is 0.227. The van der Waals surface area contributed by atoms with E-state index in [4.69, 9.17) is 9.47 Å². The average molecular weight is 405 g/mol. The molecule has 1 fully saturated rings. The van der Waals surface area contributed by atoms with Gasteiger partial charge >= 0.3 is 0 Å². The van der Waals surface area contributed by atoms with Gasteiger partial charge in [0.1, 0.15) is 11.6 Å². The second-order valence-corrected chi connectivity index (χ2v) is 8.36. The van der Waals surface area contributed by atoms with Gasteiger partial charge < -0.3 is 9.47 Å². The molecular formula is C21H24FNO4S. The van der Waals surface area contributed by atoms with Crippen LogP contribution >= 0.6 is 0 Å². The maximum Gasteiger partial charge on any atom is 0.199 e. The topological polar surface area (TPSA) is 55.8 Å². The summed E-state index contributed by atoms with van der Waals surface area (Å²) in [4.78, 5) is 2.51. The van der Waals surface area contributed by atoms with Crippen molar-refractivity contribution < 1.29 is 22.3 Å². The van der Waals surface area contributed by atoms with Gasteiger partial charge in [0.2, 0.25) is 0 Å². The first-order valence-corrected chi connectivity index (χ1v) is 10.8. The zero-order valence-corrected chi connectivity index (χ0v) is 16.4. The Kier molecular flexibility index (Phi) is 7.19. The number of benzene rings is 2. The van der Waals surface area contributed by atoms with Crippen LogP contribution in [0, 0.1) is 5.82 Å². The minimum atomic E-state index is -3.60. The van der Waals surface area contributed by atoms with Gasteiger partial charge in [0, 0.05) is 25.0 Å². The smallest absolute Gasteiger partial charge is 0.199 e. The number of nitrogens with zero attached hydrogens (tertiary/aromatic N) is 1. The highest BCUT2D eigenvalue weighted by atomic mass is 32.2. The SMILES string of the molecule is O=S(=O)(/C=C/c1cccc(F)c1)c1ccc(OCCCN2CCOCC2)cc1. The fourth-order valence-corrected chi connectivity index (χ4v) is 3.89. The highest BCUT2D eigenvalue weighted by Crippen LogP contribution is 2.19. The zero-order chi connectivity index (χ0) is 19.8. The van der Waals surface area contributed by atoms with E-state index < -0.39 is 15.7 Å². The van der Waals surface area contributed by atoms with Gasteiger partial charge in [0.15, 0.2) is 9.84 Å². The van der Waals surface area contributed by atoms with Crippen molar-refractivity contribution in [1.82, 2.24) is 4.90 Å². The first-order valence-electron chi connectivity index (χ1n) is 9.25. The average Bonchev–Trinajstić information content (AvgIpc) is 2.71. The maximum absolute atomic E-state index is 13.2. The minimum Gasteiger partial charge on any atom is -0.494 e. The van der Waals surface area contributed by atoms with Crippen LogP contribution in [0.3, 0.4) is 0 Å². The molecule has 0 saturated carbocycles. The standard InChI is InChI=1S/C21H24FNO4S/c22-19-4-1-3-18(17-19)9-16-28(24,25)21-7-5-20(6-8-21)27-13-2-10-23-11-14-26-15-12-23/h1,3-9,16-17H,2,10-15H2/b16-9+. The molecule has 0 aliphatic carbocycles. The third kappa shape index (κ3) is 6.15. The molecule has 2 aromatic rings. The molecular weight excluding hydrogens is 381 g/mol. The molecule has 5 nitrogen and oxygen atoms in total. The van der Waals surface area contributed by atoms with Crippen LogP contribution in [0.2, 0.25) is 0 Å². The van der Waals surface area contributed by atoms with Gasteiger partial charge in [-0.15, -0.1) is 0 Å². The molecule has 0 unspecified atom stereocenters. The molecule has 0 atom stereocenters. The molecule has 1 saturated heterocycles. The van der Waals surface area contributed by atoms with Crippen molar-refractivity contribution in [3.63, 3.8) is 0 Å². The molecule has 2 aromatic carbocycles. The number of sulfone groups is 1. The predicted molar refractivity (Wildman–Crippen MR) is 106 cm³/mol. The van der Waals surface area contributed by atoms with E-state index in [2.05, 4.69) is 4.90 Å². The van der Waals surface area contributed by atoms with E-state index in [0.29, 0.717) is 17.9 Å². The van der Waals surface area contributed by atoms with Crippen LogP contribution < -0.4 is 4.74 Å². The van der Waals surface area contributed by atoms with Gasteiger partial charge in [-0.2, -0.15) is 0 Å². The van der Waals surface area contributed by atoms with Crippen LogP contribution in [-0.4, -0.2) is 52.8 Å². The van der Waals surface area contributed by atoms with Crippen molar-refractivity contribution in [3.05, 3.63) is 65.3 Å². The molecule has 150 valence electrons. The molecule has 0 N–H and O–H groups in total. The molecule has 1 heterocycles. The lowest BCUT2D eigenvalue weighted by molar-refractivity contribution is 0.0358. The summed E-state index contributed by atoms with van der Waals surface area (Å²) in [6.07, 6.45) is 2.28. The third-order valence-electron chi connectivity index (χ3n) is 4.43. The Balaban J connectivity index is 1.51. The molecule has 1 aliphatic rings. The van der Waals surface area contributed by atoms with Crippen LogP contribution in [-0.2, 0) is 14.6 Å². The molecule has 0 amide bonds. The third-order valence-corrected chi connectivity index (χ3v) is 5.86. The Morgan fingerprint density at radius 3 is 2.57 bits per heavy atom. The number of hydrogen-bond donors (Lipinski definition) is 0. The lowest BCUT2D eigenvalue weighted by atomic mass is 10.2. The number of rotatable bonds is 8. The Hall–Kier alpha value is -2.22. The Morgan fingerprint density at radius 1 is 1.11 bits per heavy atom. The van der Waals surface area contributed by atoms with Crippen LogP contribution in [0.15, 0.2) is 58.8 Å². The van der Waals surface area contributed by atoms with Crippen LogP contribution in [0.1, 0.15) is 12.0 Å². The van der Waals surface area contributed by atoms with Gasteiger partial charge in [-0.3, -0.25) is 4.90 Å². The van der Waals surface area contributed by atoms with Gasteiger partial charge in [-0.05, 0) is 54.5 Å². The first kappa shape index (κ1) is 20.5. The van der Waals surface area contributed by atoms with Crippen molar-refractivity contribution >= 4 is 15.9 Å². The second-order valence-electron chi connectivity index (χ2n) is 6.53. The van der Waals surface area contributed by atoms with E-state index >= 15 is 0 Å². The fourth-order valence-electron chi connectivity index (χ4n) is 2.89. The lowest BCUT2D eigenvalue weighted by Crippen LogP contribution is -2.37.